The second-order valence-corrected chi connectivity index (χ2v) is 5.45. The molecule has 1 aromatic heterocycles. The molecular formula is C16H12Cl2N2O2. The maximum Gasteiger partial charge on any atom is 0.342 e. The van der Waals surface area contributed by atoms with Gasteiger partial charge in [0.25, 0.3) is 0 Å². The number of carbonyl (C=O) groups excluding carboxylic acids is 1. The molecule has 0 radical (unpaired) electrons. The van der Waals surface area contributed by atoms with Crippen molar-refractivity contribution < 1.29 is 9.53 Å². The minimum atomic E-state index is -0.442. The third kappa shape index (κ3) is 2.51. The van der Waals surface area contributed by atoms with E-state index in [0.717, 1.165) is 10.9 Å². The Labute approximate surface area is 137 Å². The zero-order valence-electron chi connectivity index (χ0n) is 11.6. The molecule has 0 spiro atoms. The first-order valence-corrected chi connectivity index (χ1v) is 7.27. The van der Waals surface area contributed by atoms with Crippen LogP contribution < -0.4 is 5.32 Å². The number of nitrogens with one attached hydrogen (secondary N) is 2. The summed E-state index contributed by atoms with van der Waals surface area (Å²) >= 11 is 12.3. The topological polar surface area (TPSA) is 54.1 Å². The van der Waals surface area contributed by atoms with Crippen molar-refractivity contribution in [1.29, 1.82) is 0 Å². The number of anilines is 2. The van der Waals surface area contributed by atoms with E-state index < -0.39 is 5.97 Å². The molecule has 0 unspecified atom stereocenters. The lowest BCUT2D eigenvalue weighted by atomic mass is 10.1. The van der Waals surface area contributed by atoms with Crippen LogP contribution in [-0.4, -0.2) is 18.1 Å². The maximum atomic E-state index is 12.1. The van der Waals surface area contributed by atoms with Crippen LogP contribution >= 0.6 is 23.2 Å². The van der Waals surface area contributed by atoms with Crippen LogP contribution in [-0.2, 0) is 4.74 Å². The van der Waals surface area contributed by atoms with E-state index in [0.29, 0.717) is 27.1 Å². The number of rotatable bonds is 3. The maximum absolute atomic E-state index is 12.1. The standard InChI is InChI=1S/C16H12Cl2N2O2/c1-22-16(21)13-9-5-2-3-8-12(9)19-15(13)20-14-10(17)6-4-7-11(14)18/h2-8,19-20H,1H3. The van der Waals surface area contributed by atoms with Crippen LogP contribution in [0.1, 0.15) is 10.4 Å². The molecule has 22 heavy (non-hydrogen) atoms. The fourth-order valence-corrected chi connectivity index (χ4v) is 2.78. The first kappa shape index (κ1) is 14.8. The molecule has 0 fully saturated rings. The van der Waals surface area contributed by atoms with Crippen molar-refractivity contribution in [2.24, 2.45) is 0 Å². The van der Waals surface area contributed by atoms with E-state index >= 15 is 0 Å². The third-order valence-electron chi connectivity index (χ3n) is 3.31. The summed E-state index contributed by atoms with van der Waals surface area (Å²) in [5, 5.41) is 4.78. The highest BCUT2D eigenvalue weighted by Crippen LogP contribution is 2.35. The van der Waals surface area contributed by atoms with Gasteiger partial charge in [0, 0.05) is 10.9 Å². The molecule has 0 aliphatic carbocycles. The molecule has 112 valence electrons. The average Bonchev–Trinajstić information content (AvgIpc) is 2.88. The largest absolute Gasteiger partial charge is 0.465 e. The van der Waals surface area contributed by atoms with Crippen molar-refractivity contribution in [2.75, 3.05) is 12.4 Å². The molecule has 0 bridgehead atoms. The minimum absolute atomic E-state index is 0.411. The van der Waals surface area contributed by atoms with E-state index in [-0.39, 0.29) is 0 Å². The van der Waals surface area contributed by atoms with Gasteiger partial charge in [-0.25, -0.2) is 4.79 Å². The molecule has 0 saturated heterocycles. The SMILES string of the molecule is COC(=O)c1c(Nc2c(Cl)cccc2Cl)[nH]c2ccccc12. The van der Waals surface area contributed by atoms with Crippen LogP contribution in [0.15, 0.2) is 42.5 Å². The smallest absolute Gasteiger partial charge is 0.342 e. The van der Waals surface area contributed by atoms with Crippen molar-refractivity contribution in [3.8, 4) is 0 Å². The quantitative estimate of drug-likeness (QED) is 0.662. The average molecular weight is 335 g/mol. The van der Waals surface area contributed by atoms with Gasteiger partial charge in [0.05, 0.1) is 22.8 Å². The Balaban J connectivity index is 2.16. The monoisotopic (exact) mass is 334 g/mol. The Morgan fingerprint density at radius 1 is 1.09 bits per heavy atom. The van der Waals surface area contributed by atoms with E-state index in [9.17, 15) is 4.79 Å². The lowest BCUT2D eigenvalue weighted by Gasteiger charge is -2.10. The van der Waals surface area contributed by atoms with Crippen molar-refractivity contribution in [3.05, 3.63) is 58.1 Å². The number of ether oxygens (including phenoxy) is 1. The zero-order chi connectivity index (χ0) is 15.7. The van der Waals surface area contributed by atoms with Gasteiger partial charge in [0.15, 0.2) is 0 Å². The van der Waals surface area contributed by atoms with Crippen LogP contribution in [0.3, 0.4) is 0 Å². The summed E-state index contributed by atoms with van der Waals surface area (Å²) in [6, 6.07) is 12.6. The van der Waals surface area contributed by atoms with Gasteiger partial charge >= 0.3 is 5.97 Å². The molecule has 2 aromatic carbocycles. The number of H-pyrrole nitrogens is 1. The van der Waals surface area contributed by atoms with E-state index in [1.165, 1.54) is 7.11 Å². The highest BCUT2D eigenvalue weighted by Gasteiger charge is 2.20. The number of esters is 1. The van der Waals surface area contributed by atoms with Gasteiger partial charge in [-0.15, -0.1) is 0 Å². The molecule has 6 heteroatoms. The van der Waals surface area contributed by atoms with Gasteiger partial charge in [-0.05, 0) is 18.2 Å². The molecule has 0 atom stereocenters. The second-order valence-electron chi connectivity index (χ2n) is 4.63. The van der Waals surface area contributed by atoms with E-state index in [4.69, 9.17) is 27.9 Å². The highest BCUT2D eigenvalue weighted by atomic mass is 35.5. The molecule has 0 aliphatic heterocycles. The van der Waals surface area contributed by atoms with Gasteiger partial charge in [-0.1, -0.05) is 47.5 Å². The molecule has 0 saturated carbocycles. The van der Waals surface area contributed by atoms with Gasteiger partial charge in [0.1, 0.15) is 11.4 Å². The molecule has 2 N–H and O–H groups in total. The number of aromatic nitrogens is 1. The predicted octanol–water partition coefficient (Wildman–Crippen LogP) is 5.00. The van der Waals surface area contributed by atoms with Gasteiger partial charge in [-0.2, -0.15) is 0 Å². The van der Waals surface area contributed by atoms with Crippen LogP contribution in [0.25, 0.3) is 10.9 Å². The molecule has 4 nitrogen and oxygen atoms in total. The molecule has 3 rings (SSSR count). The fraction of sp³-hybridized carbons (Fsp3) is 0.0625. The molecule has 0 aliphatic rings. The number of benzene rings is 2. The highest BCUT2D eigenvalue weighted by molar-refractivity contribution is 6.39. The van der Waals surface area contributed by atoms with Gasteiger partial charge in [0.2, 0.25) is 0 Å². The molecule has 1 heterocycles. The number of para-hydroxylation sites is 2. The van der Waals surface area contributed by atoms with Crippen molar-refractivity contribution in [2.45, 2.75) is 0 Å². The molecule has 0 amide bonds. The number of aromatic amines is 1. The summed E-state index contributed by atoms with van der Waals surface area (Å²) in [4.78, 5) is 15.3. The Morgan fingerprint density at radius 2 is 1.77 bits per heavy atom. The summed E-state index contributed by atoms with van der Waals surface area (Å²) in [5.74, 6) is 0.0474. The summed E-state index contributed by atoms with van der Waals surface area (Å²) in [6.45, 7) is 0. The summed E-state index contributed by atoms with van der Waals surface area (Å²) < 4.78 is 4.88. The third-order valence-corrected chi connectivity index (χ3v) is 3.94. The molecule has 3 aromatic rings. The Morgan fingerprint density at radius 3 is 2.45 bits per heavy atom. The zero-order valence-corrected chi connectivity index (χ0v) is 13.1. The van der Waals surface area contributed by atoms with Crippen LogP contribution in [0.4, 0.5) is 11.5 Å². The van der Waals surface area contributed by atoms with Gasteiger partial charge < -0.3 is 15.0 Å². The van der Waals surface area contributed by atoms with Crippen molar-refractivity contribution in [3.63, 3.8) is 0 Å². The van der Waals surface area contributed by atoms with Crippen LogP contribution in [0, 0.1) is 0 Å². The van der Waals surface area contributed by atoms with E-state index in [1.807, 2.05) is 24.3 Å². The fourth-order valence-electron chi connectivity index (χ4n) is 2.29. The lowest BCUT2D eigenvalue weighted by molar-refractivity contribution is 0.0604. The lowest BCUT2D eigenvalue weighted by Crippen LogP contribution is -2.04. The predicted molar refractivity (Wildman–Crippen MR) is 89.4 cm³/mol. The number of carbonyl (C=O) groups is 1. The van der Waals surface area contributed by atoms with Gasteiger partial charge in [-0.3, -0.25) is 0 Å². The summed E-state index contributed by atoms with van der Waals surface area (Å²) in [7, 11) is 1.34. The number of fused-ring (bicyclic) bond motifs is 1. The second kappa shape index (κ2) is 5.91. The number of methoxy groups -OCH3 is 1. The van der Waals surface area contributed by atoms with Crippen molar-refractivity contribution in [1.82, 2.24) is 4.98 Å². The summed E-state index contributed by atoms with van der Waals surface area (Å²) in [6.07, 6.45) is 0. The van der Waals surface area contributed by atoms with Crippen molar-refractivity contribution >= 4 is 51.6 Å². The van der Waals surface area contributed by atoms with E-state index in [2.05, 4.69) is 10.3 Å². The Bertz CT molecular complexity index is 838. The first-order chi connectivity index (χ1) is 10.6. The molecular weight excluding hydrogens is 323 g/mol. The normalized spacial score (nSPS) is 10.7. The number of halogens is 2. The number of hydrogen-bond acceptors (Lipinski definition) is 3. The van der Waals surface area contributed by atoms with Crippen LogP contribution in [0.5, 0.6) is 0 Å². The number of hydrogen-bond donors (Lipinski definition) is 2. The van der Waals surface area contributed by atoms with E-state index in [1.54, 1.807) is 18.2 Å². The first-order valence-electron chi connectivity index (χ1n) is 6.52. The Hall–Kier alpha value is -2.17. The summed E-state index contributed by atoms with van der Waals surface area (Å²) in [5.41, 5.74) is 1.75. The minimum Gasteiger partial charge on any atom is -0.465 e. The van der Waals surface area contributed by atoms with Crippen LogP contribution in [0.2, 0.25) is 10.0 Å². The Kier molecular flexibility index (Phi) is 3.96.